The molecule has 0 aromatic rings. The van der Waals surface area contributed by atoms with E-state index in [9.17, 15) is 4.79 Å². The molecule has 0 aromatic carbocycles. The molecule has 5 nitrogen and oxygen atoms in total. The van der Waals surface area contributed by atoms with Crippen LogP contribution in [0.4, 0.5) is 0 Å². The average molecular weight is 266 g/mol. The number of piperidine rings is 1. The van der Waals surface area contributed by atoms with Gasteiger partial charge in [-0.25, -0.2) is 0 Å². The van der Waals surface area contributed by atoms with Crippen molar-refractivity contribution in [2.24, 2.45) is 0 Å². The molecule has 1 amide bonds. The van der Waals surface area contributed by atoms with Crippen molar-refractivity contribution in [3.63, 3.8) is 0 Å². The average Bonchev–Trinajstić information content (AvgIpc) is 2.90. The second-order valence-electron chi connectivity index (χ2n) is 6.03. The summed E-state index contributed by atoms with van der Waals surface area (Å²) in [6, 6.07) is 1.30. The standard InChI is InChI=1S/C14H26N4O/c1-15-14(19)13-10-16-6-9-18(13)12-5-8-17-7-3-2-4-11(12)17/h11-13,16H,2-10H2,1H3,(H,15,19). The summed E-state index contributed by atoms with van der Waals surface area (Å²) in [4.78, 5) is 17.2. The number of carbonyl (C=O) groups is 1. The van der Waals surface area contributed by atoms with E-state index in [-0.39, 0.29) is 11.9 Å². The number of carbonyl (C=O) groups excluding carboxylic acids is 1. The molecule has 108 valence electrons. The molecule has 3 rings (SSSR count). The van der Waals surface area contributed by atoms with Gasteiger partial charge in [-0.2, -0.15) is 0 Å². The van der Waals surface area contributed by atoms with Crippen molar-refractivity contribution in [1.82, 2.24) is 20.4 Å². The van der Waals surface area contributed by atoms with Gasteiger partial charge in [0.1, 0.15) is 6.04 Å². The van der Waals surface area contributed by atoms with Gasteiger partial charge >= 0.3 is 0 Å². The van der Waals surface area contributed by atoms with Crippen LogP contribution < -0.4 is 10.6 Å². The van der Waals surface area contributed by atoms with E-state index >= 15 is 0 Å². The van der Waals surface area contributed by atoms with E-state index in [4.69, 9.17) is 0 Å². The molecule has 3 heterocycles. The first-order chi connectivity index (χ1) is 9.31. The van der Waals surface area contributed by atoms with Crippen LogP contribution in [-0.4, -0.2) is 73.6 Å². The van der Waals surface area contributed by atoms with Crippen molar-refractivity contribution in [1.29, 1.82) is 0 Å². The van der Waals surface area contributed by atoms with Crippen molar-refractivity contribution < 1.29 is 4.79 Å². The first-order valence-electron chi connectivity index (χ1n) is 7.73. The fourth-order valence-electron chi connectivity index (χ4n) is 4.13. The Hall–Kier alpha value is -0.650. The maximum Gasteiger partial charge on any atom is 0.238 e. The minimum absolute atomic E-state index is 0.0191. The van der Waals surface area contributed by atoms with E-state index in [0.717, 1.165) is 19.6 Å². The third-order valence-corrected chi connectivity index (χ3v) is 5.08. The Kier molecular flexibility index (Phi) is 4.05. The van der Waals surface area contributed by atoms with Crippen LogP contribution in [0.3, 0.4) is 0 Å². The van der Waals surface area contributed by atoms with E-state index in [0.29, 0.717) is 12.1 Å². The minimum Gasteiger partial charge on any atom is -0.358 e. The van der Waals surface area contributed by atoms with Crippen LogP contribution in [0.15, 0.2) is 0 Å². The molecule has 0 bridgehead atoms. The van der Waals surface area contributed by atoms with Gasteiger partial charge in [0.25, 0.3) is 0 Å². The predicted molar refractivity (Wildman–Crippen MR) is 75.0 cm³/mol. The third kappa shape index (κ3) is 2.51. The molecular formula is C14H26N4O. The van der Waals surface area contributed by atoms with Gasteiger partial charge in [0.05, 0.1) is 0 Å². The summed E-state index contributed by atoms with van der Waals surface area (Å²) in [6.45, 7) is 5.30. The monoisotopic (exact) mass is 266 g/mol. The highest BCUT2D eigenvalue weighted by Crippen LogP contribution is 2.31. The van der Waals surface area contributed by atoms with Crippen LogP contribution in [0.5, 0.6) is 0 Å². The van der Waals surface area contributed by atoms with Gasteiger partial charge in [0.15, 0.2) is 0 Å². The Bertz CT molecular complexity index is 335. The van der Waals surface area contributed by atoms with E-state index in [1.54, 1.807) is 7.05 Å². The lowest BCUT2D eigenvalue weighted by Gasteiger charge is -2.43. The Balaban J connectivity index is 1.73. The maximum atomic E-state index is 12.1. The molecule has 3 saturated heterocycles. The number of hydrogen-bond acceptors (Lipinski definition) is 4. The Labute approximate surface area is 115 Å². The molecule has 3 aliphatic heterocycles. The fraction of sp³-hybridized carbons (Fsp3) is 0.929. The molecule has 0 spiro atoms. The normalized spacial score (nSPS) is 37.0. The summed E-state index contributed by atoms with van der Waals surface area (Å²) in [5.41, 5.74) is 0. The molecule has 19 heavy (non-hydrogen) atoms. The number of amides is 1. The predicted octanol–water partition coefficient (Wildman–Crippen LogP) is -0.367. The number of nitrogens with one attached hydrogen (secondary N) is 2. The van der Waals surface area contributed by atoms with E-state index in [1.165, 1.54) is 38.8 Å². The lowest BCUT2D eigenvalue weighted by Crippen LogP contribution is -2.62. The van der Waals surface area contributed by atoms with Gasteiger partial charge in [0, 0.05) is 45.3 Å². The zero-order chi connectivity index (χ0) is 13.2. The van der Waals surface area contributed by atoms with Gasteiger partial charge in [0.2, 0.25) is 5.91 Å². The fourth-order valence-corrected chi connectivity index (χ4v) is 4.13. The zero-order valence-corrected chi connectivity index (χ0v) is 11.9. The molecule has 2 N–H and O–H groups in total. The van der Waals surface area contributed by atoms with Crippen LogP contribution in [0, 0.1) is 0 Å². The minimum atomic E-state index is 0.0191. The highest BCUT2D eigenvalue weighted by molar-refractivity contribution is 5.81. The van der Waals surface area contributed by atoms with Crippen molar-refractivity contribution in [2.75, 3.05) is 39.8 Å². The van der Waals surface area contributed by atoms with Crippen LogP contribution >= 0.6 is 0 Å². The number of piperazine rings is 1. The van der Waals surface area contributed by atoms with E-state index in [2.05, 4.69) is 20.4 Å². The Morgan fingerprint density at radius 2 is 2.05 bits per heavy atom. The first kappa shape index (κ1) is 13.3. The second-order valence-corrected chi connectivity index (χ2v) is 6.03. The van der Waals surface area contributed by atoms with Gasteiger partial charge in [-0.1, -0.05) is 6.42 Å². The van der Waals surface area contributed by atoms with Crippen molar-refractivity contribution >= 4 is 5.91 Å². The van der Waals surface area contributed by atoms with Gasteiger partial charge < -0.3 is 10.6 Å². The molecule has 3 atom stereocenters. The summed E-state index contributed by atoms with van der Waals surface area (Å²) >= 11 is 0. The van der Waals surface area contributed by atoms with Crippen LogP contribution in [-0.2, 0) is 4.79 Å². The summed E-state index contributed by atoms with van der Waals surface area (Å²) in [5.74, 6) is 0.168. The molecule has 5 heteroatoms. The highest BCUT2D eigenvalue weighted by Gasteiger charge is 2.42. The number of rotatable bonds is 2. The van der Waals surface area contributed by atoms with Crippen LogP contribution in [0.1, 0.15) is 25.7 Å². The lowest BCUT2D eigenvalue weighted by molar-refractivity contribution is -0.128. The molecule has 0 aliphatic carbocycles. The lowest BCUT2D eigenvalue weighted by atomic mass is 9.96. The first-order valence-corrected chi connectivity index (χ1v) is 7.73. The molecule has 3 unspecified atom stereocenters. The number of nitrogens with zero attached hydrogens (tertiary/aromatic N) is 2. The molecule has 3 aliphatic rings. The van der Waals surface area contributed by atoms with Gasteiger partial charge in [-0.15, -0.1) is 0 Å². The van der Waals surface area contributed by atoms with Gasteiger partial charge in [-0.3, -0.25) is 14.6 Å². The number of hydrogen-bond donors (Lipinski definition) is 2. The van der Waals surface area contributed by atoms with Gasteiger partial charge in [-0.05, 0) is 25.8 Å². The molecule has 0 saturated carbocycles. The topological polar surface area (TPSA) is 47.6 Å². The van der Waals surface area contributed by atoms with Crippen LogP contribution in [0.2, 0.25) is 0 Å². The SMILES string of the molecule is CNC(=O)C1CNCCN1C1CCN2CCCCC12. The highest BCUT2D eigenvalue weighted by atomic mass is 16.2. The Morgan fingerprint density at radius 1 is 1.16 bits per heavy atom. The third-order valence-electron chi connectivity index (χ3n) is 5.08. The quantitative estimate of drug-likeness (QED) is 0.716. The van der Waals surface area contributed by atoms with Crippen molar-refractivity contribution in [3.05, 3.63) is 0 Å². The molecule has 0 radical (unpaired) electrons. The van der Waals surface area contributed by atoms with Crippen molar-refractivity contribution in [3.8, 4) is 0 Å². The molecular weight excluding hydrogens is 240 g/mol. The molecule has 3 fully saturated rings. The summed E-state index contributed by atoms with van der Waals surface area (Å²) in [6.07, 6.45) is 5.26. The summed E-state index contributed by atoms with van der Waals surface area (Å²) < 4.78 is 0. The van der Waals surface area contributed by atoms with Crippen LogP contribution in [0.25, 0.3) is 0 Å². The van der Waals surface area contributed by atoms with E-state index < -0.39 is 0 Å². The second kappa shape index (κ2) is 5.77. The largest absolute Gasteiger partial charge is 0.358 e. The summed E-state index contributed by atoms with van der Waals surface area (Å²) in [7, 11) is 1.75. The number of likely N-dealkylation sites (N-methyl/N-ethyl adjacent to an activating group) is 1. The summed E-state index contributed by atoms with van der Waals surface area (Å²) in [5, 5.41) is 6.19. The Morgan fingerprint density at radius 3 is 2.89 bits per heavy atom. The smallest absolute Gasteiger partial charge is 0.238 e. The van der Waals surface area contributed by atoms with E-state index in [1.807, 2.05) is 0 Å². The maximum absolute atomic E-state index is 12.1. The van der Waals surface area contributed by atoms with Crippen molar-refractivity contribution in [2.45, 2.75) is 43.8 Å². The molecule has 0 aromatic heterocycles. The number of fused-ring (bicyclic) bond motifs is 1. The zero-order valence-electron chi connectivity index (χ0n) is 11.9.